The van der Waals surface area contributed by atoms with Crippen LogP contribution in [0.15, 0.2) is 24.5 Å². The Bertz CT molecular complexity index is 824. The Kier molecular flexibility index (Phi) is 2.92. The van der Waals surface area contributed by atoms with Crippen LogP contribution in [0.4, 0.5) is 17.3 Å². The number of nitrogens with zero attached hydrogens (tertiary/aromatic N) is 6. The molecular formula is C15H17N7. The molecule has 1 N–H and O–H groups in total. The van der Waals surface area contributed by atoms with Crippen molar-refractivity contribution in [3.63, 3.8) is 0 Å². The maximum absolute atomic E-state index is 4.55. The summed E-state index contributed by atoms with van der Waals surface area (Å²) in [7, 11) is 3.89. The van der Waals surface area contributed by atoms with E-state index in [1.165, 1.54) is 0 Å². The maximum Gasteiger partial charge on any atom is 0.183 e. The van der Waals surface area contributed by atoms with Crippen LogP contribution in [-0.4, -0.2) is 45.8 Å². The Morgan fingerprint density at radius 1 is 1.27 bits per heavy atom. The van der Waals surface area contributed by atoms with Crippen LogP contribution in [-0.2, 0) is 6.42 Å². The molecule has 0 unspecified atom stereocenters. The van der Waals surface area contributed by atoms with Crippen molar-refractivity contribution in [1.82, 2.24) is 25.1 Å². The number of fused-ring (bicyclic) bond motifs is 2. The molecule has 1 aliphatic rings. The van der Waals surface area contributed by atoms with Crippen LogP contribution in [0, 0.1) is 0 Å². The molecule has 0 aromatic carbocycles. The highest BCUT2D eigenvalue weighted by Crippen LogP contribution is 2.33. The molecule has 7 heteroatoms. The molecule has 3 aromatic heterocycles. The molecule has 0 bridgehead atoms. The van der Waals surface area contributed by atoms with Gasteiger partial charge in [-0.05, 0) is 25.0 Å². The lowest BCUT2D eigenvalue weighted by Crippen LogP contribution is -2.25. The first-order valence-corrected chi connectivity index (χ1v) is 7.34. The van der Waals surface area contributed by atoms with Crippen molar-refractivity contribution in [2.45, 2.75) is 12.8 Å². The normalized spacial score (nSPS) is 14.2. The molecule has 0 aliphatic carbocycles. The number of H-pyrrole nitrogens is 1. The third kappa shape index (κ3) is 1.97. The van der Waals surface area contributed by atoms with Crippen molar-refractivity contribution in [2.75, 3.05) is 30.4 Å². The second-order valence-corrected chi connectivity index (χ2v) is 5.59. The first-order valence-electron chi connectivity index (χ1n) is 7.34. The molecule has 112 valence electrons. The number of anilines is 3. The average Bonchev–Trinajstić information content (AvgIpc) is 2.97. The number of hydrogen-bond acceptors (Lipinski definition) is 6. The molecule has 22 heavy (non-hydrogen) atoms. The van der Waals surface area contributed by atoms with Crippen LogP contribution < -0.4 is 9.80 Å². The Hall–Kier alpha value is -2.70. The first-order chi connectivity index (χ1) is 10.7. The Morgan fingerprint density at radius 3 is 3.05 bits per heavy atom. The largest absolute Gasteiger partial charge is 0.361 e. The van der Waals surface area contributed by atoms with Crippen molar-refractivity contribution >= 4 is 28.5 Å². The zero-order valence-corrected chi connectivity index (χ0v) is 12.6. The fourth-order valence-electron chi connectivity index (χ4n) is 2.80. The van der Waals surface area contributed by atoms with Gasteiger partial charge in [0.25, 0.3) is 0 Å². The lowest BCUT2D eigenvalue weighted by molar-refractivity contribution is 0.738. The number of aryl methyl sites for hydroxylation is 1. The molecule has 1 aliphatic heterocycles. The minimum atomic E-state index is 0.706. The van der Waals surface area contributed by atoms with Crippen molar-refractivity contribution in [2.24, 2.45) is 0 Å². The van der Waals surface area contributed by atoms with Crippen LogP contribution in [0.1, 0.15) is 12.1 Å². The topological polar surface area (TPSA) is 73.8 Å². The van der Waals surface area contributed by atoms with E-state index in [1.807, 2.05) is 31.3 Å². The number of nitrogens with one attached hydrogen (secondary N) is 1. The van der Waals surface area contributed by atoms with Crippen LogP contribution in [0.5, 0.6) is 0 Å². The van der Waals surface area contributed by atoms with Gasteiger partial charge >= 0.3 is 0 Å². The van der Waals surface area contributed by atoms with Gasteiger partial charge in [-0.1, -0.05) is 0 Å². The molecule has 0 radical (unpaired) electrons. The number of hydrogen-bond donors (Lipinski definition) is 1. The van der Waals surface area contributed by atoms with E-state index in [-0.39, 0.29) is 0 Å². The smallest absolute Gasteiger partial charge is 0.183 e. The van der Waals surface area contributed by atoms with Gasteiger partial charge in [0.1, 0.15) is 5.82 Å². The Balaban J connectivity index is 1.82. The Labute approximate surface area is 128 Å². The summed E-state index contributed by atoms with van der Waals surface area (Å²) >= 11 is 0. The fraction of sp³-hybridized carbons (Fsp3) is 0.333. The third-order valence-corrected chi connectivity index (χ3v) is 3.91. The van der Waals surface area contributed by atoms with Crippen molar-refractivity contribution in [3.8, 4) is 0 Å². The monoisotopic (exact) mass is 295 g/mol. The summed E-state index contributed by atoms with van der Waals surface area (Å²) in [5, 5.41) is 7.45. The average molecular weight is 295 g/mol. The molecule has 0 fully saturated rings. The van der Waals surface area contributed by atoms with Crippen LogP contribution in [0.25, 0.3) is 11.2 Å². The molecule has 0 saturated heterocycles. The van der Waals surface area contributed by atoms with Gasteiger partial charge < -0.3 is 9.80 Å². The molecule has 0 amide bonds. The molecule has 4 rings (SSSR count). The van der Waals surface area contributed by atoms with Gasteiger partial charge in [-0.15, -0.1) is 0 Å². The van der Waals surface area contributed by atoms with Gasteiger partial charge in [-0.3, -0.25) is 10.1 Å². The van der Waals surface area contributed by atoms with E-state index < -0.39 is 0 Å². The summed E-state index contributed by atoms with van der Waals surface area (Å²) in [6.45, 7) is 0.912. The summed E-state index contributed by atoms with van der Waals surface area (Å²) in [6, 6.07) is 4.05. The standard InChI is InChI=1S/C15H17N7/c1-21(2)12-9-17-13-14(18-12)19-20-15(13)22-8-4-5-10-11(22)6-3-7-16-10/h3,6-7,9H,4-5,8H2,1-2H3,(H,18,19,20). The van der Waals surface area contributed by atoms with Gasteiger partial charge in [-0.25, -0.2) is 9.97 Å². The van der Waals surface area contributed by atoms with Gasteiger partial charge in [0.05, 0.1) is 17.6 Å². The quantitative estimate of drug-likeness (QED) is 0.778. The lowest BCUT2D eigenvalue weighted by Gasteiger charge is -2.28. The van der Waals surface area contributed by atoms with Crippen LogP contribution in [0.2, 0.25) is 0 Å². The zero-order valence-electron chi connectivity index (χ0n) is 12.6. The van der Waals surface area contributed by atoms with Crippen LogP contribution >= 0.6 is 0 Å². The van der Waals surface area contributed by atoms with E-state index in [0.29, 0.717) is 5.65 Å². The van der Waals surface area contributed by atoms with E-state index in [4.69, 9.17) is 0 Å². The van der Waals surface area contributed by atoms with Crippen molar-refractivity contribution < 1.29 is 0 Å². The number of aromatic amines is 1. The van der Waals surface area contributed by atoms with Gasteiger partial charge in [0.2, 0.25) is 0 Å². The SMILES string of the molecule is CN(C)c1cnc2c(N3CCCc4ncccc43)n[nH]c2n1. The number of aromatic nitrogens is 5. The van der Waals surface area contributed by atoms with Gasteiger partial charge in [0, 0.05) is 26.8 Å². The minimum Gasteiger partial charge on any atom is -0.361 e. The molecule has 7 nitrogen and oxygen atoms in total. The molecule has 4 heterocycles. The van der Waals surface area contributed by atoms with Crippen molar-refractivity contribution in [3.05, 3.63) is 30.2 Å². The summed E-state index contributed by atoms with van der Waals surface area (Å²) in [5.74, 6) is 1.63. The van der Waals surface area contributed by atoms with Gasteiger partial charge in [-0.2, -0.15) is 5.10 Å². The van der Waals surface area contributed by atoms with Crippen molar-refractivity contribution in [1.29, 1.82) is 0 Å². The molecule has 0 atom stereocenters. The third-order valence-electron chi connectivity index (χ3n) is 3.91. The Morgan fingerprint density at radius 2 is 2.18 bits per heavy atom. The fourth-order valence-corrected chi connectivity index (χ4v) is 2.80. The first kappa shape index (κ1) is 13.0. The maximum atomic E-state index is 4.55. The van der Waals surface area contributed by atoms with E-state index in [0.717, 1.165) is 47.9 Å². The lowest BCUT2D eigenvalue weighted by atomic mass is 10.1. The molecular weight excluding hydrogens is 278 g/mol. The summed E-state index contributed by atoms with van der Waals surface area (Å²) < 4.78 is 0. The highest BCUT2D eigenvalue weighted by molar-refractivity contribution is 5.87. The summed E-state index contributed by atoms with van der Waals surface area (Å²) in [4.78, 5) is 17.7. The summed E-state index contributed by atoms with van der Waals surface area (Å²) in [6.07, 6.45) is 5.68. The predicted octanol–water partition coefficient (Wildman–Crippen LogP) is 1.90. The van der Waals surface area contributed by atoms with E-state index in [1.54, 1.807) is 6.20 Å². The predicted molar refractivity (Wildman–Crippen MR) is 85.6 cm³/mol. The molecule has 0 spiro atoms. The highest BCUT2D eigenvalue weighted by atomic mass is 15.3. The second-order valence-electron chi connectivity index (χ2n) is 5.59. The number of rotatable bonds is 2. The molecule has 3 aromatic rings. The summed E-state index contributed by atoms with van der Waals surface area (Å²) in [5.41, 5.74) is 3.72. The minimum absolute atomic E-state index is 0.706. The van der Waals surface area contributed by atoms with E-state index in [9.17, 15) is 0 Å². The highest BCUT2D eigenvalue weighted by Gasteiger charge is 2.23. The molecule has 0 saturated carbocycles. The number of pyridine rings is 1. The van der Waals surface area contributed by atoms with Gasteiger partial charge in [0.15, 0.2) is 17.0 Å². The van der Waals surface area contributed by atoms with Crippen LogP contribution in [0.3, 0.4) is 0 Å². The van der Waals surface area contributed by atoms with E-state index >= 15 is 0 Å². The second kappa shape index (κ2) is 4.94. The van der Waals surface area contributed by atoms with E-state index in [2.05, 4.69) is 36.1 Å². The zero-order chi connectivity index (χ0) is 15.1.